The molecule has 206 valence electrons. The minimum atomic E-state index is -0.0547. The van der Waals surface area contributed by atoms with E-state index >= 15 is 0 Å². The molecule has 0 aliphatic carbocycles. The molecule has 0 bridgehead atoms. The minimum Gasteiger partial charge on any atom is -0.496 e. The fraction of sp³-hybridized carbons (Fsp3) is 0.0556. The number of benzene rings is 6. The predicted molar refractivity (Wildman–Crippen MR) is 175 cm³/mol. The Morgan fingerprint density at radius 2 is 0.905 bits per heavy atom. The molecule has 6 heteroatoms. The lowest BCUT2D eigenvalue weighted by molar-refractivity contribution is 0.103. The Morgan fingerprint density at radius 1 is 0.500 bits per heavy atom. The number of halogens is 2. The number of ketones is 2. The van der Waals surface area contributed by atoms with E-state index in [-0.39, 0.29) is 11.6 Å². The van der Waals surface area contributed by atoms with Crippen LogP contribution in [0.4, 0.5) is 0 Å². The first-order valence-corrected chi connectivity index (χ1v) is 14.8. The zero-order valence-corrected chi connectivity index (χ0v) is 26.0. The molecule has 0 spiro atoms. The zero-order valence-electron chi connectivity index (χ0n) is 22.8. The standard InChI is InChI=1S/C36H24Br2O4/c1-41-31-15-11-21-17-25(35(39)23-5-3-7-27(37)19-23)9-13-29(21)33(31)34-30-14-10-26(18-22(30)12-16-32(34)42-2)36(40)24-6-4-8-28(38)20-24/h3-20H,1-2H3. The van der Waals surface area contributed by atoms with E-state index in [1.165, 1.54) is 0 Å². The Bertz CT molecular complexity index is 1880. The van der Waals surface area contributed by atoms with E-state index in [0.29, 0.717) is 33.8 Å². The molecule has 0 aromatic heterocycles. The molecule has 0 amide bonds. The van der Waals surface area contributed by atoms with Crippen molar-refractivity contribution in [2.45, 2.75) is 0 Å². The second kappa shape index (κ2) is 11.6. The SMILES string of the molecule is COc1ccc2cc(C(=O)c3cccc(Br)c3)ccc2c1-c1c(OC)ccc2cc(C(=O)c3cccc(Br)c3)ccc12. The van der Waals surface area contributed by atoms with E-state index in [9.17, 15) is 9.59 Å². The summed E-state index contributed by atoms with van der Waals surface area (Å²) in [6.07, 6.45) is 0. The molecular weight excluding hydrogens is 656 g/mol. The Labute approximate surface area is 260 Å². The average molecular weight is 680 g/mol. The van der Waals surface area contributed by atoms with Gasteiger partial charge in [-0.1, -0.05) is 92.5 Å². The van der Waals surface area contributed by atoms with Crippen molar-refractivity contribution in [3.8, 4) is 22.6 Å². The molecule has 0 heterocycles. The summed E-state index contributed by atoms with van der Waals surface area (Å²) in [4.78, 5) is 26.6. The van der Waals surface area contributed by atoms with Crippen molar-refractivity contribution in [2.24, 2.45) is 0 Å². The van der Waals surface area contributed by atoms with Crippen molar-refractivity contribution in [1.82, 2.24) is 0 Å². The summed E-state index contributed by atoms with van der Waals surface area (Å²) in [5.41, 5.74) is 4.12. The van der Waals surface area contributed by atoms with Crippen molar-refractivity contribution >= 4 is 65.0 Å². The van der Waals surface area contributed by atoms with E-state index in [1.807, 2.05) is 109 Å². The number of carbonyl (C=O) groups excluding carboxylic acids is 2. The van der Waals surface area contributed by atoms with E-state index in [2.05, 4.69) is 31.9 Å². The highest BCUT2D eigenvalue weighted by atomic mass is 79.9. The van der Waals surface area contributed by atoms with Crippen LogP contribution in [-0.4, -0.2) is 25.8 Å². The Morgan fingerprint density at radius 3 is 1.29 bits per heavy atom. The summed E-state index contributed by atoms with van der Waals surface area (Å²) in [6.45, 7) is 0. The molecular formula is C36H24Br2O4. The highest BCUT2D eigenvalue weighted by Gasteiger charge is 2.21. The van der Waals surface area contributed by atoms with Crippen LogP contribution in [0.25, 0.3) is 32.7 Å². The number of rotatable bonds is 7. The van der Waals surface area contributed by atoms with Crippen LogP contribution in [0.3, 0.4) is 0 Å². The molecule has 4 nitrogen and oxygen atoms in total. The number of hydrogen-bond acceptors (Lipinski definition) is 4. The van der Waals surface area contributed by atoms with Crippen LogP contribution in [0.1, 0.15) is 31.8 Å². The molecule has 0 unspecified atom stereocenters. The normalized spacial score (nSPS) is 11.0. The van der Waals surface area contributed by atoms with Gasteiger partial charge in [0.25, 0.3) is 0 Å². The summed E-state index contributed by atoms with van der Waals surface area (Å²) in [6, 6.07) is 33.9. The molecule has 0 saturated heterocycles. The van der Waals surface area contributed by atoms with E-state index < -0.39 is 0 Å². The highest BCUT2D eigenvalue weighted by Crippen LogP contribution is 2.45. The summed E-state index contributed by atoms with van der Waals surface area (Å²) in [5, 5.41) is 3.62. The first-order valence-electron chi connectivity index (χ1n) is 13.2. The monoisotopic (exact) mass is 678 g/mol. The van der Waals surface area contributed by atoms with Crippen molar-refractivity contribution in [2.75, 3.05) is 14.2 Å². The molecule has 42 heavy (non-hydrogen) atoms. The first-order chi connectivity index (χ1) is 20.4. The van der Waals surface area contributed by atoms with Gasteiger partial charge in [-0.3, -0.25) is 9.59 Å². The van der Waals surface area contributed by atoms with Gasteiger partial charge in [0, 0.05) is 42.3 Å². The Balaban J connectivity index is 1.52. The van der Waals surface area contributed by atoms with E-state index in [4.69, 9.17) is 9.47 Å². The maximum absolute atomic E-state index is 13.3. The lowest BCUT2D eigenvalue weighted by atomic mass is 9.90. The van der Waals surface area contributed by atoms with Crippen LogP contribution in [0.2, 0.25) is 0 Å². The molecule has 0 atom stereocenters. The molecule has 6 aromatic carbocycles. The third-order valence-corrected chi connectivity index (χ3v) is 8.34. The van der Waals surface area contributed by atoms with Crippen molar-refractivity contribution in [1.29, 1.82) is 0 Å². The van der Waals surface area contributed by atoms with Gasteiger partial charge >= 0.3 is 0 Å². The van der Waals surface area contributed by atoms with Gasteiger partial charge < -0.3 is 9.47 Å². The van der Waals surface area contributed by atoms with Crippen LogP contribution in [-0.2, 0) is 0 Å². The zero-order chi connectivity index (χ0) is 29.4. The largest absolute Gasteiger partial charge is 0.496 e. The van der Waals surface area contributed by atoms with Gasteiger partial charge in [-0.15, -0.1) is 0 Å². The molecule has 0 fully saturated rings. The third-order valence-electron chi connectivity index (χ3n) is 7.35. The van der Waals surface area contributed by atoms with Crippen LogP contribution >= 0.6 is 31.9 Å². The average Bonchev–Trinajstić information content (AvgIpc) is 3.02. The lowest BCUT2D eigenvalue weighted by Crippen LogP contribution is -2.02. The summed E-state index contributed by atoms with van der Waals surface area (Å²) >= 11 is 6.91. The molecule has 0 aliphatic rings. The fourth-order valence-electron chi connectivity index (χ4n) is 5.35. The number of fused-ring (bicyclic) bond motifs is 2. The van der Waals surface area contributed by atoms with Crippen LogP contribution < -0.4 is 9.47 Å². The minimum absolute atomic E-state index is 0.0547. The second-order valence-electron chi connectivity index (χ2n) is 9.84. The quantitative estimate of drug-likeness (QED) is 0.158. The maximum atomic E-state index is 13.3. The fourth-order valence-corrected chi connectivity index (χ4v) is 6.15. The third kappa shape index (κ3) is 5.13. The molecule has 0 N–H and O–H groups in total. The Hall–Kier alpha value is -4.26. The van der Waals surface area contributed by atoms with Gasteiger partial charge in [0.2, 0.25) is 0 Å². The smallest absolute Gasteiger partial charge is 0.193 e. The van der Waals surface area contributed by atoms with E-state index in [0.717, 1.165) is 41.6 Å². The molecule has 0 radical (unpaired) electrons. The van der Waals surface area contributed by atoms with Crippen molar-refractivity contribution < 1.29 is 19.1 Å². The predicted octanol–water partition coefficient (Wildman–Crippen LogP) is 9.66. The lowest BCUT2D eigenvalue weighted by Gasteiger charge is -2.18. The van der Waals surface area contributed by atoms with Crippen LogP contribution in [0, 0.1) is 0 Å². The van der Waals surface area contributed by atoms with Gasteiger partial charge in [0.05, 0.1) is 14.2 Å². The van der Waals surface area contributed by atoms with Gasteiger partial charge in [-0.2, -0.15) is 0 Å². The van der Waals surface area contributed by atoms with Gasteiger partial charge in [0.1, 0.15) is 11.5 Å². The molecule has 0 saturated carbocycles. The topological polar surface area (TPSA) is 52.6 Å². The van der Waals surface area contributed by atoms with Crippen molar-refractivity contribution in [3.63, 3.8) is 0 Å². The van der Waals surface area contributed by atoms with Gasteiger partial charge in [-0.05, 0) is 70.1 Å². The van der Waals surface area contributed by atoms with Crippen LogP contribution in [0.5, 0.6) is 11.5 Å². The number of methoxy groups -OCH3 is 2. The molecule has 6 rings (SSSR count). The molecule has 6 aromatic rings. The van der Waals surface area contributed by atoms with Gasteiger partial charge in [-0.25, -0.2) is 0 Å². The van der Waals surface area contributed by atoms with Crippen LogP contribution in [0.15, 0.2) is 118 Å². The van der Waals surface area contributed by atoms with Gasteiger partial charge in [0.15, 0.2) is 11.6 Å². The highest BCUT2D eigenvalue weighted by molar-refractivity contribution is 9.10. The summed E-state index contributed by atoms with van der Waals surface area (Å²) < 4.78 is 13.4. The maximum Gasteiger partial charge on any atom is 0.193 e. The summed E-state index contributed by atoms with van der Waals surface area (Å²) in [5.74, 6) is 1.24. The number of hydrogen-bond donors (Lipinski definition) is 0. The second-order valence-corrected chi connectivity index (χ2v) is 11.7. The Kier molecular flexibility index (Phi) is 7.67. The number of ether oxygens (including phenoxy) is 2. The number of carbonyl (C=O) groups is 2. The van der Waals surface area contributed by atoms with Crippen molar-refractivity contribution in [3.05, 3.63) is 140 Å². The first kappa shape index (κ1) is 27.9. The summed E-state index contributed by atoms with van der Waals surface area (Å²) in [7, 11) is 3.28. The molecule has 0 aliphatic heterocycles. The van der Waals surface area contributed by atoms with E-state index in [1.54, 1.807) is 14.2 Å².